The first-order valence-corrected chi connectivity index (χ1v) is 12.4. The van der Waals surface area contributed by atoms with E-state index in [4.69, 9.17) is 4.74 Å². The maximum Gasteiger partial charge on any atom is 0.166 e. The Morgan fingerprint density at radius 1 is 0.432 bits per heavy atom. The molecular weight excluding hydrogens is 452 g/mol. The molecule has 0 aromatic heterocycles. The molecule has 0 atom stereocenters. The summed E-state index contributed by atoms with van der Waals surface area (Å²) in [4.78, 5) is 0. The summed E-state index contributed by atoms with van der Waals surface area (Å²) in [7, 11) is 1.59. The first kappa shape index (κ1) is 22.6. The van der Waals surface area contributed by atoms with Crippen molar-refractivity contribution in [3.63, 3.8) is 0 Å². The van der Waals surface area contributed by atoms with Crippen LogP contribution in [-0.4, -0.2) is 12.2 Å². The highest BCUT2D eigenvalue weighted by atomic mass is 16.5. The fourth-order valence-electron chi connectivity index (χ4n) is 5.29. The summed E-state index contributed by atoms with van der Waals surface area (Å²) < 4.78 is 5.60. The number of phenols is 1. The lowest BCUT2D eigenvalue weighted by Gasteiger charge is -2.25. The molecule has 6 rings (SSSR count). The molecule has 2 nitrogen and oxygen atoms in total. The zero-order chi connectivity index (χ0) is 25.2. The Morgan fingerprint density at radius 2 is 0.811 bits per heavy atom. The molecule has 6 aromatic rings. The quantitative estimate of drug-likeness (QED) is 0.268. The van der Waals surface area contributed by atoms with Crippen molar-refractivity contribution in [3.05, 3.63) is 133 Å². The number of methoxy groups -OCH3 is 1. The van der Waals surface area contributed by atoms with Crippen LogP contribution in [-0.2, 0) is 0 Å². The van der Waals surface area contributed by atoms with Crippen LogP contribution in [0.15, 0.2) is 133 Å². The summed E-state index contributed by atoms with van der Waals surface area (Å²) >= 11 is 0. The SMILES string of the molecule is COc1ccc2c(-c3ccccc3)c(-c3ccccc3)c(-c3ccccc3)c(-c3ccccc3)c2c1O. The third kappa shape index (κ3) is 3.93. The van der Waals surface area contributed by atoms with E-state index in [1.165, 1.54) is 0 Å². The number of fused-ring (bicyclic) bond motifs is 1. The average molecular weight is 479 g/mol. The second-order valence-corrected chi connectivity index (χ2v) is 9.00. The van der Waals surface area contributed by atoms with Crippen LogP contribution >= 0.6 is 0 Å². The predicted octanol–water partition coefficient (Wildman–Crippen LogP) is 9.22. The standard InChI is InChI=1S/C35H26O2/c1-37-29-23-22-28-30(24-14-6-2-7-15-24)31(25-16-8-3-9-17-25)32(26-18-10-4-11-19-26)33(34(28)35(29)36)27-20-12-5-13-21-27/h2-23,36H,1H3. The maximum atomic E-state index is 11.7. The molecule has 0 spiro atoms. The monoisotopic (exact) mass is 478 g/mol. The number of rotatable bonds is 5. The van der Waals surface area contributed by atoms with Crippen LogP contribution in [0.1, 0.15) is 0 Å². The minimum atomic E-state index is 0.146. The van der Waals surface area contributed by atoms with Crippen LogP contribution in [0.5, 0.6) is 11.5 Å². The van der Waals surface area contributed by atoms with Crippen LogP contribution in [0.2, 0.25) is 0 Å². The van der Waals surface area contributed by atoms with Crippen molar-refractivity contribution in [2.75, 3.05) is 7.11 Å². The Bertz CT molecular complexity index is 1670. The van der Waals surface area contributed by atoms with Gasteiger partial charge in [-0.2, -0.15) is 0 Å². The third-order valence-electron chi connectivity index (χ3n) is 6.88. The van der Waals surface area contributed by atoms with Crippen molar-refractivity contribution in [1.29, 1.82) is 0 Å². The minimum Gasteiger partial charge on any atom is -0.504 e. The van der Waals surface area contributed by atoms with E-state index in [1.807, 2.05) is 42.5 Å². The first-order chi connectivity index (χ1) is 18.3. The van der Waals surface area contributed by atoms with Crippen molar-refractivity contribution >= 4 is 10.8 Å². The summed E-state index contributed by atoms with van der Waals surface area (Å²) in [6.07, 6.45) is 0. The van der Waals surface area contributed by atoms with Gasteiger partial charge in [-0.1, -0.05) is 121 Å². The molecule has 0 fully saturated rings. The molecule has 0 heterocycles. The Morgan fingerprint density at radius 3 is 1.24 bits per heavy atom. The average Bonchev–Trinajstić information content (AvgIpc) is 2.98. The topological polar surface area (TPSA) is 29.5 Å². The highest BCUT2D eigenvalue weighted by Gasteiger charge is 2.26. The van der Waals surface area contributed by atoms with E-state index in [9.17, 15) is 5.11 Å². The van der Waals surface area contributed by atoms with Gasteiger partial charge >= 0.3 is 0 Å². The van der Waals surface area contributed by atoms with Gasteiger partial charge in [0.2, 0.25) is 0 Å². The number of phenolic OH excluding ortho intramolecular Hbond substituents is 1. The van der Waals surface area contributed by atoms with E-state index in [0.29, 0.717) is 5.75 Å². The lowest BCUT2D eigenvalue weighted by Crippen LogP contribution is -1.98. The van der Waals surface area contributed by atoms with Gasteiger partial charge in [0.25, 0.3) is 0 Å². The highest BCUT2D eigenvalue weighted by Crippen LogP contribution is 2.54. The molecule has 0 amide bonds. The predicted molar refractivity (Wildman–Crippen MR) is 154 cm³/mol. The molecule has 37 heavy (non-hydrogen) atoms. The maximum absolute atomic E-state index is 11.7. The van der Waals surface area contributed by atoms with Crippen molar-refractivity contribution in [1.82, 2.24) is 0 Å². The van der Waals surface area contributed by atoms with Gasteiger partial charge in [-0.15, -0.1) is 0 Å². The van der Waals surface area contributed by atoms with Crippen LogP contribution in [0.4, 0.5) is 0 Å². The van der Waals surface area contributed by atoms with E-state index < -0.39 is 0 Å². The summed E-state index contributed by atoms with van der Waals surface area (Å²) in [6.45, 7) is 0. The lowest BCUT2D eigenvalue weighted by atomic mass is 9.78. The van der Waals surface area contributed by atoms with Crippen LogP contribution in [0.3, 0.4) is 0 Å². The normalized spacial score (nSPS) is 10.9. The highest BCUT2D eigenvalue weighted by molar-refractivity contribution is 6.20. The molecule has 0 aliphatic rings. The zero-order valence-electron chi connectivity index (χ0n) is 20.6. The molecule has 1 N–H and O–H groups in total. The molecule has 178 valence electrons. The van der Waals surface area contributed by atoms with Gasteiger partial charge in [0, 0.05) is 10.9 Å². The van der Waals surface area contributed by atoms with Gasteiger partial charge in [-0.3, -0.25) is 0 Å². The Kier molecular flexibility index (Phi) is 5.92. The second-order valence-electron chi connectivity index (χ2n) is 9.00. The van der Waals surface area contributed by atoms with Crippen molar-refractivity contribution in [3.8, 4) is 56.0 Å². The molecule has 0 saturated heterocycles. The molecule has 2 heteroatoms. The van der Waals surface area contributed by atoms with Gasteiger partial charge < -0.3 is 9.84 Å². The molecule has 0 bridgehead atoms. The number of aromatic hydroxyl groups is 1. The summed E-state index contributed by atoms with van der Waals surface area (Å²) in [5.41, 5.74) is 8.60. The molecule has 0 aliphatic carbocycles. The molecule has 6 aromatic carbocycles. The fourth-order valence-corrected chi connectivity index (χ4v) is 5.29. The number of benzene rings is 6. The number of hydrogen-bond acceptors (Lipinski definition) is 2. The molecule has 0 unspecified atom stereocenters. The second kappa shape index (κ2) is 9.67. The van der Waals surface area contributed by atoms with Gasteiger partial charge in [0.15, 0.2) is 11.5 Å². The zero-order valence-corrected chi connectivity index (χ0v) is 20.6. The third-order valence-corrected chi connectivity index (χ3v) is 6.88. The molecular formula is C35H26O2. The Labute approximate surface area is 217 Å². The van der Waals surface area contributed by atoms with Gasteiger partial charge in [0.05, 0.1) is 7.11 Å². The smallest absolute Gasteiger partial charge is 0.166 e. The summed E-state index contributed by atoms with van der Waals surface area (Å²) in [6, 6.07) is 45.7. The van der Waals surface area contributed by atoms with E-state index in [0.717, 1.165) is 55.3 Å². The molecule has 0 saturated carbocycles. The van der Waals surface area contributed by atoms with Crippen LogP contribution in [0, 0.1) is 0 Å². The summed E-state index contributed by atoms with van der Waals surface area (Å²) in [5.74, 6) is 0.600. The van der Waals surface area contributed by atoms with Gasteiger partial charge in [-0.05, 0) is 56.5 Å². The van der Waals surface area contributed by atoms with E-state index >= 15 is 0 Å². The first-order valence-electron chi connectivity index (χ1n) is 12.4. The molecule has 0 aliphatic heterocycles. The van der Waals surface area contributed by atoms with Crippen molar-refractivity contribution in [2.24, 2.45) is 0 Å². The van der Waals surface area contributed by atoms with Crippen molar-refractivity contribution in [2.45, 2.75) is 0 Å². The van der Waals surface area contributed by atoms with Gasteiger partial charge in [0.1, 0.15) is 0 Å². The molecule has 0 radical (unpaired) electrons. The fraction of sp³-hybridized carbons (Fsp3) is 0.0286. The number of hydrogen-bond donors (Lipinski definition) is 1. The lowest BCUT2D eigenvalue weighted by molar-refractivity contribution is 0.376. The number of ether oxygens (including phenoxy) is 1. The van der Waals surface area contributed by atoms with E-state index in [2.05, 4.69) is 91.0 Å². The minimum absolute atomic E-state index is 0.146. The van der Waals surface area contributed by atoms with E-state index in [-0.39, 0.29) is 5.75 Å². The Hall–Kier alpha value is -4.82. The van der Waals surface area contributed by atoms with Crippen LogP contribution in [0.25, 0.3) is 55.3 Å². The van der Waals surface area contributed by atoms with E-state index in [1.54, 1.807) is 7.11 Å². The summed E-state index contributed by atoms with van der Waals surface area (Å²) in [5, 5.41) is 13.4. The van der Waals surface area contributed by atoms with Gasteiger partial charge in [-0.25, -0.2) is 0 Å². The Balaban J connectivity index is 1.94. The largest absolute Gasteiger partial charge is 0.504 e. The van der Waals surface area contributed by atoms with Crippen LogP contribution < -0.4 is 4.74 Å². The van der Waals surface area contributed by atoms with Crippen molar-refractivity contribution < 1.29 is 9.84 Å².